The second-order valence-corrected chi connectivity index (χ2v) is 9.04. The number of aromatic nitrogens is 3. The van der Waals surface area contributed by atoms with Crippen molar-refractivity contribution >= 4 is 46.6 Å². The molecule has 1 aliphatic rings. The SMILES string of the molecule is CC(C)(C)OC(=O)n1c(=O)/c(=C/c2c[nH]c3ccccc23)[nH]/c1=C/C=C1\C=Nc2ccccc21. The van der Waals surface area contributed by atoms with Gasteiger partial charge < -0.3 is 14.7 Å². The van der Waals surface area contributed by atoms with Gasteiger partial charge in [0.25, 0.3) is 5.56 Å². The fourth-order valence-corrected chi connectivity index (χ4v) is 3.89. The Morgan fingerprint density at radius 2 is 1.82 bits per heavy atom. The maximum atomic E-state index is 13.3. The lowest BCUT2D eigenvalue weighted by molar-refractivity contribution is 0.0526. The van der Waals surface area contributed by atoms with E-state index in [0.29, 0.717) is 5.48 Å². The number of aromatic amines is 2. The Morgan fingerprint density at radius 3 is 2.65 bits per heavy atom. The van der Waals surface area contributed by atoms with Crippen molar-refractivity contribution < 1.29 is 9.53 Å². The average molecular weight is 453 g/mol. The summed E-state index contributed by atoms with van der Waals surface area (Å²) in [6, 6.07) is 15.6. The van der Waals surface area contributed by atoms with Gasteiger partial charge in [-0.25, -0.2) is 4.79 Å². The van der Waals surface area contributed by atoms with Gasteiger partial charge in [-0.3, -0.25) is 9.79 Å². The number of para-hydroxylation sites is 2. The molecule has 4 aromatic rings. The van der Waals surface area contributed by atoms with E-state index >= 15 is 0 Å². The average Bonchev–Trinajstić information content (AvgIpc) is 3.47. The molecule has 170 valence electrons. The van der Waals surface area contributed by atoms with E-state index in [0.717, 1.165) is 37.9 Å². The monoisotopic (exact) mass is 452 g/mol. The Bertz CT molecular complexity index is 1660. The number of H-pyrrole nitrogens is 2. The fourth-order valence-electron chi connectivity index (χ4n) is 3.89. The van der Waals surface area contributed by atoms with Crippen molar-refractivity contribution in [3.8, 4) is 0 Å². The topological polar surface area (TPSA) is 92.2 Å². The number of fused-ring (bicyclic) bond motifs is 2. The van der Waals surface area contributed by atoms with E-state index in [9.17, 15) is 9.59 Å². The van der Waals surface area contributed by atoms with E-state index in [1.54, 1.807) is 39.1 Å². The minimum Gasteiger partial charge on any atom is -0.443 e. The summed E-state index contributed by atoms with van der Waals surface area (Å²) in [6.45, 7) is 5.29. The number of carbonyl (C=O) groups excluding carboxylic acids is 1. The first kappa shape index (κ1) is 21.5. The summed E-state index contributed by atoms with van der Waals surface area (Å²) in [5, 5.41) is 1.26. The van der Waals surface area contributed by atoms with E-state index in [1.165, 1.54) is 0 Å². The molecule has 3 heterocycles. The third kappa shape index (κ3) is 4.03. The third-order valence-corrected chi connectivity index (χ3v) is 5.41. The highest BCUT2D eigenvalue weighted by Crippen LogP contribution is 2.30. The zero-order valence-corrected chi connectivity index (χ0v) is 19.1. The number of hydrogen-bond acceptors (Lipinski definition) is 4. The van der Waals surface area contributed by atoms with Gasteiger partial charge in [0, 0.05) is 40.0 Å². The first-order valence-corrected chi connectivity index (χ1v) is 11.0. The molecular formula is C27H24N4O3. The van der Waals surface area contributed by atoms with Crippen molar-refractivity contribution in [2.45, 2.75) is 26.4 Å². The fraction of sp³-hybridized carbons (Fsp3) is 0.148. The maximum Gasteiger partial charge on any atom is 0.423 e. The van der Waals surface area contributed by atoms with Gasteiger partial charge in [-0.15, -0.1) is 0 Å². The molecule has 7 heteroatoms. The van der Waals surface area contributed by atoms with E-state index in [1.807, 2.05) is 60.8 Å². The van der Waals surface area contributed by atoms with Crippen LogP contribution < -0.4 is 16.4 Å². The predicted octanol–water partition coefficient (Wildman–Crippen LogP) is 3.85. The number of nitrogens with one attached hydrogen (secondary N) is 2. The summed E-state index contributed by atoms with van der Waals surface area (Å²) in [5.74, 6) is 0. The molecule has 7 nitrogen and oxygen atoms in total. The summed E-state index contributed by atoms with van der Waals surface area (Å²) >= 11 is 0. The van der Waals surface area contributed by atoms with Crippen LogP contribution >= 0.6 is 0 Å². The van der Waals surface area contributed by atoms with Gasteiger partial charge in [0.2, 0.25) is 0 Å². The van der Waals surface area contributed by atoms with Gasteiger partial charge in [-0.2, -0.15) is 4.57 Å². The Hall–Kier alpha value is -4.39. The summed E-state index contributed by atoms with van der Waals surface area (Å²) in [7, 11) is 0. The molecular weight excluding hydrogens is 428 g/mol. The van der Waals surface area contributed by atoms with Gasteiger partial charge in [-0.05, 0) is 51.1 Å². The minimum absolute atomic E-state index is 0.278. The Kier molecular flexibility index (Phi) is 5.17. The van der Waals surface area contributed by atoms with Crippen molar-refractivity contribution in [1.82, 2.24) is 14.5 Å². The number of carbonyl (C=O) groups is 1. The lowest BCUT2D eigenvalue weighted by Gasteiger charge is -2.19. The Labute approximate surface area is 195 Å². The minimum atomic E-state index is -0.749. The van der Waals surface area contributed by atoms with Crippen LogP contribution in [0.4, 0.5) is 10.5 Å². The van der Waals surface area contributed by atoms with Gasteiger partial charge in [0.05, 0.1) is 5.69 Å². The van der Waals surface area contributed by atoms with Crippen LogP contribution in [0.1, 0.15) is 31.9 Å². The molecule has 0 saturated heterocycles. The molecule has 34 heavy (non-hydrogen) atoms. The largest absolute Gasteiger partial charge is 0.443 e. The normalized spacial score (nSPS) is 15.4. The highest BCUT2D eigenvalue weighted by Gasteiger charge is 2.21. The number of allylic oxidation sites excluding steroid dienone is 2. The third-order valence-electron chi connectivity index (χ3n) is 5.41. The number of aliphatic imine (C=N–C) groups is 1. The summed E-state index contributed by atoms with van der Waals surface area (Å²) in [5.41, 5.74) is 3.64. The Balaban J connectivity index is 1.67. The molecule has 0 radical (unpaired) electrons. The molecule has 5 rings (SSSR count). The second kappa shape index (κ2) is 8.19. The van der Waals surface area contributed by atoms with Crippen LogP contribution in [-0.4, -0.2) is 32.4 Å². The van der Waals surface area contributed by atoms with Crippen LogP contribution in [0.15, 0.2) is 70.6 Å². The van der Waals surface area contributed by atoms with Gasteiger partial charge in [0.15, 0.2) is 0 Å². The molecule has 0 amide bonds. The molecule has 1 aliphatic heterocycles. The first-order valence-electron chi connectivity index (χ1n) is 11.0. The zero-order chi connectivity index (χ0) is 23.9. The number of hydrogen-bond donors (Lipinski definition) is 2. The molecule has 0 fully saturated rings. The number of benzene rings is 2. The first-order chi connectivity index (χ1) is 16.3. The number of nitrogens with zero attached hydrogens (tertiary/aromatic N) is 2. The quantitative estimate of drug-likeness (QED) is 0.484. The van der Waals surface area contributed by atoms with Gasteiger partial charge in [0.1, 0.15) is 16.4 Å². The molecule has 2 aromatic carbocycles. The van der Waals surface area contributed by atoms with E-state index < -0.39 is 17.3 Å². The van der Waals surface area contributed by atoms with Crippen molar-refractivity contribution in [1.29, 1.82) is 0 Å². The number of rotatable bonds is 2. The van der Waals surface area contributed by atoms with Gasteiger partial charge >= 0.3 is 6.09 Å². The van der Waals surface area contributed by atoms with E-state index in [2.05, 4.69) is 15.0 Å². The number of ether oxygens (including phenoxy) is 1. The molecule has 2 aromatic heterocycles. The predicted molar refractivity (Wildman–Crippen MR) is 135 cm³/mol. The van der Waals surface area contributed by atoms with Crippen LogP contribution in [0.25, 0.3) is 28.6 Å². The van der Waals surface area contributed by atoms with Crippen molar-refractivity contribution in [2.24, 2.45) is 4.99 Å². The van der Waals surface area contributed by atoms with E-state index in [-0.39, 0.29) is 5.35 Å². The summed E-state index contributed by atoms with van der Waals surface area (Å²) < 4.78 is 6.54. The number of imidazole rings is 1. The zero-order valence-electron chi connectivity index (χ0n) is 19.1. The molecule has 0 saturated carbocycles. The highest BCUT2D eigenvalue weighted by molar-refractivity contribution is 6.17. The lowest BCUT2D eigenvalue weighted by Crippen LogP contribution is -2.40. The van der Waals surface area contributed by atoms with Crippen LogP contribution in [0, 0.1) is 0 Å². The van der Waals surface area contributed by atoms with Crippen LogP contribution in [-0.2, 0) is 4.74 Å². The van der Waals surface area contributed by atoms with Crippen molar-refractivity contribution in [3.05, 3.63) is 93.1 Å². The summed E-state index contributed by atoms with van der Waals surface area (Å²) in [6.07, 6.45) is 8.12. The maximum absolute atomic E-state index is 13.3. The molecule has 0 bridgehead atoms. The highest BCUT2D eigenvalue weighted by atomic mass is 16.6. The molecule has 0 aliphatic carbocycles. The smallest absolute Gasteiger partial charge is 0.423 e. The summed E-state index contributed by atoms with van der Waals surface area (Å²) in [4.78, 5) is 37.0. The van der Waals surface area contributed by atoms with Crippen molar-refractivity contribution in [2.75, 3.05) is 0 Å². The van der Waals surface area contributed by atoms with Crippen LogP contribution in [0.2, 0.25) is 0 Å². The molecule has 0 unspecified atom stereocenters. The van der Waals surface area contributed by atoms with Gasteiger partial charge in [-0.1, -0.05) is 36.4 Å². The van der Waals surface area contributed by atoms with Crippen LogP contribution in [0.3, 0.4) is 0 Å². The molecule has 2 N–H and O–H groups in total. The van der Waals surface area contributed by atoms with E-state index in [4.69, 9.17) is 4.74 Å². The molecule has 0 atom stereocenters. The molecule has 0 spiro atoms. The van der Waals surface area contributed by atoms with Crippen LogP contribution in [0.5, 0.6) is 0 Å². The Morgan fingerprint density at radius 1 is 1.06 bits per heavy atom. The van der Waals surface area contributed by atoms with Crippen molar-refractivity contribution in [3.63, 3.8) is 0 Å². The lowest BCUT2D eigenvalue weighted by atomic mass is 10.1. The standard InChI is InChI=1S/C27H24N4O3/c1-27(2,3)34-26(33)31-24(13-12-17-15-28-21-10-6-4-8-19(17)21)30-23(25(31)32)14-18-16-29-22-11-7-5-9-20(18)22/h4-16,29-30H,1-3H3/b17-12+,23-14-,24-13-. The second-order valence-electron chi connectivity index (χ2n) is 9.04.